The van der Waals surface area contributed by atoms with Crippen LogP contribution in [0.25, 0.3) is 0 Å². The highest BCUT2D eigenvalue weighted by molar-refractivity contribution is 5.18. The summed E-state index contributed by atoms with van der Waals surface area (Å²) in [5, 5.41) is 21.2. The van der Waals surface area contributed by atoms with Gasteiger partial charge in [-0.3, -0.25) is 0 Å². The van der Waals surface area contributed by atoms with Gasteiger partial charge in [-0.1, -0.05) is 60.7 Å². The van der Waals surface area contributed by atoms with Gasteiger partial charge >= 0.3 is 0 Å². The maximum Gasteiger partial charge on any atom is 0.128 e. The number of aliphatic hydroxyl groups is 2. The van der Waals surface area contributed by atoms with Crippen LogP contribution in [0.4, 0.5) is 0 Å². The van der Waals surface area contributed by atoms with E-state index in [1.54, 1.807) is 0 Å². The number of aliphatic hydroxyl groups excluding tert-OH is 2. The van der Waals surface area contributed by atoms with Gasteiger partial charge < -0.3 is 19.8 Å². The molecule has 0 bridgehead atoms. The molecule has 2 aromatic carbocycles. The van der Waals surface area contributed by atoms with Crippen molar-refractivity contribution in [3.05, 3.63) is 71.8 Å². The standard InChI is InChI=1S/C22H31NO3/c1-18(2)26-15-9-14-23(16-21(24)19-10-5-3-6-11-19)17-22(25)20-12-7-4-8-13-20/h3-8,10-13,18,21-22,24-25H,9,14-17H2,1-2H3/p+1/t21-,22-/m1/s1. The molecule has 0 spiro atoms. The Hall–Kier alpha value is -1.72. The van der Waals surface area contributed by atoms with E-state index in [0.29, 0.717) is 19.7 Å². The van der Waals surface area contributed by atoms with E-state index in [1.807, 2.05) is 74.5 Å². The van der Waals surface area contributed by atoms with Gasteiger partial charge in [0.25, 0.3) is 0 Å². The van der Waals surface area contributed by atoms with Gasteiger partial charge in [0.2, 0.25) is 0 Å². The number of quaternary nitrogens is 1. The van der Waals surface area contributed by atoms with Crippen molar-refractivity contribution < 1.29 is 19.8 Å². The average Bonchev–Trinajstić information content (AvgIpc) is 2.66. The van der Waals surface area contributed by atoms with E-state index in [4.69, 9.17) is 4.74 Å². The minimum absolute atomic E-state index is 0.225. The van der Waals surface area contributed by atoms with Crippen molar-refractivity contribution in [1.29, 1.82) is 0 Å². The molecule has 142 valence electrons. The molecule has 2 rings (SSSR count). The SMILES string of the molecule is CC(C)OCCC[NH+](C[C@@H](O)c1ccccc1)C[C@@H](O)c1ccccc1. The topological polar surface area (TPSA) is 54.1 Å². The van der Waals surface area contributed by atoms with Gasteiger partial charge in [-0.25, -0.2) is 0 Å². The third kappa shape index (κ3) is 7.26. The Morgan fingerprint density at radius 3 is 1.69 bits per heavy atom. The number of nitrogens with one attached hydrogen (secondary N) is 1. The zero-order valence-electron chi connectivity index (χ0n) is 15.8. The van der Waals surface area contributed by atoms with Crippen molar-refractivity contribution in [3.63, 3.8) is 0 Å². The molecule has 0 aliphatic heterocycles. The van der Waals surface area contributed by atoms with Crippen LogP contribution in [-0.2, 0) is 4.74 Å². The van der Waals surface area contributed by atoms with Crippen LogP contribution in [0.15, 0.2) is 60.7 Å². The fraction of sp³-hybridized carbons (Fsp3) is 0.455. The molecule has 2 aromatic rings. The lowest BCUT2D eigenvalue weighted by Crippen LogP contribution is -3.13. The van der Waals surface area contributed by atoms with Crippen molar-refractivity contribution >= 4 is 0 Å². The highest BCUT2D eigenvalue weighted by Gasteiger charge is 2.21. The summed E-state index contributed by atoms with van der Waals surface area (Å²) in [4.78, 5) is 1.17. The Morgan fingerprint density at radius 2 is 1.27 bits per heavy atom. The molecule has 3 N–H and O–H groups in total. The first-order valence-electron chi connectivity index (χ1n) is 9.47. The first kappa shape index (κ1) is 20.6. The molecule has 0 saturated carbocycles. The third-order valence-electron chi connectivity index (χ3n) is 4.46. The van der Waals surface area contributed by atoms with E-state index in [-0.39, 0.29) is 6.10 Å². The minimum atomic E-state index is -0.541. The predicted octanol–water partition coefficient (Wildman–Crippen LogP) is 2.15. The van der Waals surface area contributed by atoms with Crippen LogP contribution in [0.1, 0.15) is 43.6 Å². The molecule has 0 aromatic heterocycles. The zero-order chi connectivity index (χ0) is 18.8. The zero-order valence-corrected chi connectivity index (χ0v) is 15.8. The molecular formula is C22H32NO3+. The second kappa shape index (κ2) is 11.1. The number of benzene rings is 2. The van der Waals surface area contributed by atoms with Crippen LogP contribution >= 0.6 is 0 Å². The van der Waals surface area contributed by atoms with Crippen LogP contribution in [0.2, 0.25) is 0 Å². The number of ether oxygens (including phenoxy) is 1. The molecule has 0 radical (unpaired) electrons. The second-order valence-corrected chi connectivity index (χ2v) is 7.03. The van der Waals surface area contributed by atoms with Crippen molar-refractivity contribution in [2.75, 3.05) is 26.2 Å². The van der Waals surface area contributed by atoms with Gasteiger partial charge in [0, 0.05) is 6.42 Å². The molecule has 4 nitrogen and oxygen atoms in total. The van der Waals surface area contributed by atoms with E-state index in [9.17, 15) is 10.2 Å². The monoisotopic (exact) mass is 358 g/mol. The fourth-order valence-electron chi connectivity index (χ4n) is 3.06. The lowest BCUT2D eigenvalue weighted by molar-refractivity contribution is -0.908. The van der Waals surface area contributed by atoms with Crippen LogP contribution in [-0.4, -0.2) is 42.6 Å². The second-order valence-electron chi connectivity index (χ2n) is 7.03. The van der Waals surface area contributed by atoms with E-state index in [2.05, 4.69) is 0 Å². The average molecular weight is 359 g/mol. The Labute approximate surface area is 157 Å². The summed E-state index contributed by atoms with van der Waals surface area (Å²) in [7, 11) is 0. The number of hydrogen-bond donors (Lipinski definition) is 3. The highest BCUT2D eigenvalue weighted by atomic mass is 16.5. The molecule has 4 heteroatoms. The molecule has 0 heterocycles. The normalized spacial score (nSPS) is 13.9. The smallest absolute Gasteiger partial charge is 0.128 e. The van der Waals surface area contributed by atoms with Crippen LogP contribution in [0, 0.1) is 0 Å². The van der Waals surface area contributed by atoms with Crippen molar-refractivity contribution in [2.45, 2.75) is 38.6 Å². The van der Waals surface area contributed by atoms with Crippen LogP contribution < -0.4 is 4.90 Å². The lowest BCUT2D eigenvalue weighted by Gasteiger charge is -2.25. The Bertz CT molecular complexity index is 556. The van der Waals surface area contributed by atoms with Crippen molar-refractivity contribution in [2.24, 2.45) is 0 Å². The fourth-order valence-corrected chi connectivity index (χ4v) is 3.06. The molecule has 0 amide bonds. The summed E-state index contributed by atoms with van der Waals surface area (Å²) in [5.41, 5.74) is 1.83. The summed E-state index contributed by atoms with van der Waals surface area (Å²) in [6, 6.07) is 19.4. The molecule has 26 heavy (non-hydrogen) atoms. The summed E-state index contributed by atoms with van der Waals surface area (Å²) in [6.07, 6.45) is 0.0416. The van der Waals surface area contributed by atoms with Crippen LogP contribution in [0.5, 0.6) is 0 Å². The molecule has 0 saturated heterocycles. The maximum atomic E-state index is 10.6. The first-order valence-corrected chi connectivity index (χ1v) is 9.47. The number of hydrogen-bond acceptors (Lipinski definition) is 3. The Morgan fingerprint density at radius 1 is 0.808 bits per heavy atom. The molecule has 0 aliphatic rings. The minimum Gasteiger partial charge on any atom is -0.382 e. The molecule has 2 atom stereocenters. The van der Waals surface area contributed by atoms with Crippen LogP contribution in [0.3, 0.4) is 0 Å². The number of rotatable bonds is 11. The Balaban J connectivity index is 1.96. The lowest BCUT2D eigenvalue weighted by atomic mass is 10.1. The third-order valence-corrected chi connectivity index (χ3v) is 4.46. The maximum absolute atomic E-state index is 10.6. The quantitative estimate of drug-likeness (QED) is 0.540. The van der Waals surface area contributed by atoms with Gasteiger partial charge in [0.15, 0.2) is 0 Å². The summed E-state index contributed by atoms with van der Waals surface area (Å²) in [6.45, 7) is 6.74. The largest absolute Gasteiger partial charge is 0.382 e. The van der Waals surface area contributed by atoms with Gasteiger partial charge in [0.05, 0.1) is 19.3 Å². The van der Waals surface area contributed by atoms with E-state index in [1.165, 1.54) is 4.90 Å². The highest BCUT2D eigenvalue weighted by Crippen LogP contribution is 2.12. The van der Waals surface area contributed by atoms with E-state index < -0.39 is 12.2 Å². The summed E-state index contributed by atoms with van der Waals surface area (Å²) < 4.78 is 5.63. The van der Waals surface area contributed by atoms with Crippen molar-refractivity contribution in [1.82, 2.24) is 0 Å². The van der Waals surface area contributed by atoms with Gasteiger partial charge in [0.1, 0.15) is 25.3 Å². The van der Waals surface area contributed by atoms with Gasteiger partial charge in [-0.2, -0.15) is 0 Å². The summed E-state index contributed by atoms with van der Waals surface area (Å²) in [5.74, 6) is 0. The predicted molar refractivity (Wildman–Crippen MR) is 104 cm³/mol. The molecular weight excluding hydrogens is 326 g/mol. The first-order chi connectivity index (χ1) is 12.6. The Kier molecular flexibility index (Phi) is 8.78. The molecule has 0 unspecified atom stereocenters. The van der Waals surface area contributed by atoms with Gasteiger partial charge in [-0.05, 0) is 25.0 Å². The molecule has 0 aliphatic carbocycles. The summed E-state index contributed by atoms with van der Waals surface area (Å²) >= 11 is 0. The van der Waals surface area contributed by atoms with E-state index >= 15 is 0 Å². The molecule has 0 fully saturated rings. The van der Waals surface area contributed by atoms with Crippen molar-refractivity contribution in [3.8, 4) is 0 Å². The van der Waals surface area contributed by atoms with Gasteiger partial charge in [-0.15, -0.1) is 0 Å². The van der Waals surface area contributed by atoms with E-state index in [0.717, 1.165) is 24.1 Å².